The number of methoxy groups -OCH3 is 2. The maximum atomic E-state index is 13.6. The second-order valence-electron chi connectivity index (χ2n) is 7.54. The van der Waals surface area contributed by atoms with E-state index in [1.807, 2.05) is 32.9 Å². The van der Waals surface area contributed by atoms with E-state index >= 15 is 0 Å². The summed E-state index contributed by atoms with van der Waals surface area (Å²) in [5.41, 5.74) is 3.96. The number of ether oxygens (including phenoxy) is 3. The van der Waals surface area contributed by atoms with Gasteiger partial charge in [0.25, 0.3) is 5.91 Å². The Kier molecular flexibility index (Phi) is 6.73. The van der Waals surface area contributed by atoms with E-state index < -0.39 is 6.09 Å². The minimum atomic E-state index is -0.392. The van der Waals surface area contributed by atoms with Gasteiger partial charge in [-0.1, -0.05) is 6.92 Å². The number of benzene rings is 2. The fourth-order valence-corrected chi connectivity index (χ4v) is 3.85. The molecule has 1 heterocycles. The largest absolute Gasteiger partial charge is 0.493 e. The van der Waals surface area contributed by atoms with Gasteiger partial charge in [0.1, 0.15) is 0 Å². The first kappa shape index (κ1) is 22.5. The number of carbonyl (C=O) groups excluding carboxylic acids is 2. The number of amides is 2. The zero-order valence-electron chi connectivity index (χ0n) is 19.0. The fraction of sp³-hybridized carbons (Fsp3) is 0.417. The molecular weight excluding hydrogens is 396 g/mol. The van der Waals surface area contributed by atoms with E-state index in [9.17, 15) is 9.59 Å². The third kappa shape index (κ3) is 4.17. The van der Waals surface area contributed by atoms with Crippen molar-refractivity contribution in [2.75, 3.05) is 37.2 Å². The molecule has 0 aromatic heterocycles. The van der Waals surface area contributed by atoms with Crippen molar-refractivity contribution in [3.8, 4) is 11.5 Å². The van der Waals surface area contributed by atoms with Crippen LogP contribution in [0.3, 0.4) is 0 Å². The van der Waals surface area contributed by atoms with E-state index in [4.69, 9.17) is 14.2 Å². The first-order valence-electron chi connectivity index (χ1n) is 10.5. The monoisotopic (exact) mass is 426 g/mol. The van der Waals surface area contributed by atoms with Gasteiger partial charge in [0.15, 0.2) is 11.5 Å². The Balaban J connectivity index is 2.11. The minimum absolute atomic E-state index is 0.160. The lowest BCUT2D eigenvalue weighted by Crippen LogP contribution is -2.53. The van der Waals surface area contributed by atoms with Gasteiger partial charge >= 0.3 is 6.09 Å². The number of anilines is 2. The number of hydrogen-bond acceptors (Lipinski definition) is 5. The maximum absolute atomic E-state index is 13.6. The van der Waals surface area contributed by atoms with Crippen LogP contribution in [0.5, 0.6) is 11.5 Å². The van der Waals surface area contributed by atoms with Gasteiger partial charge in [-0.05, 0) is 68.7 Å². The number of fused-ring (bicyclic) bond motifs is 1. The Labute approximate surface area is 183 Å². The summed E-state index contributed by atoms with van der Waals surface area (Å²) in [5, 5.41) is 0. The van der Waals surface area contributed by atoms with Crippen molar-refractivity contribution in [1.82, 2.24) is 0 Å². The van der Waals surface area contributed by atoms with Crippen molar-refractivity contribution in [2.45, 2.75) is 40.2 Å². The topological polar surface area (TPSA) is 68.3 Å². The molecule has 0 spiro atoms. The molecule has 0 fully saturated rings. The molecule has 1 unspecified atom stereocenters. The van der Waals surface area contributed by atoms with Crippen LogP contribution in [0.25, 0.3) is 0 Å². The van der Waals surface area contributed by atoms with Crippen molar-refractivity contribution < 1.29 is 23.8 Å². The smallest absolute Gasteiger partial charge is 0.414 e. The van der Waals surface area contributed by atoms with E-state index in [2.05, 4.69) is 0 Å². The fourth-order valence-electron chi connectivity index (χ4n) is 3.85. The van der Waals surface area contributed by atoms with Gasteiger partial charge in [-0.25, -0.2) is 4.79 Å². The van der Waals surface area contributed by atoms with Crippen LogP contribution in [-0.4, -0.2) is 45.4 Å². The van der Waals surface area contributed by atoms with Crippen LogP contribution in [-0.2, 0) is 4.74 Å². The number of rotatable bonds is 5. The molecule has 166 valence electrons. The molecule has 2 aromatic rings. The summed E-state index contributed by atoms with van der Waals surface area (Å²) < 4.78 is 16.0. The molecule has 1 atom stereocenters. The average Bonchev–Trinajstić information content (AvgIpc) is 2.78. The van der Waals surface area contributed by atoms with Crippen LogP contribution < -0.4 is 19.3 Å². The van der Waals surface area contributed by atoms with Gasteiger partial charge in [-0.15, -0.1) is 0 Å². The summed E-state index contributed by atoms with van der Waals surface area (Å²) in [6.45, 7) is 8.45. The van der Waals surface area contributed by atoms with Crippen LogP contribution in [0.1, 0.15) is 41.8 Å². The molecule has 3 rings (SSSR count). The lowest BCUT2D eigenvalue weighted by Gasteiger charge is -2.42. The Bertz CT molecular complexity index is 988. The number of carbonyl (C=O) groups is 2. The van der Waals surface area contributed by atoms with Gasteiger partial charge in [0, 0.05) is 12.1 Å². The number of aryl methyl sites for hydroxylation is 2. The summed E-state index contributed by atoms with van der Waals surface area (Å²) in [6.07, 6.45) is 0.290. The Morgan fingerprint density at radius 1 is 0.968 bits per heavy atom. The summed E-state index contributed by atoms with van der Waals surface area (Å²) in [4.78, 5) is 29.8. The van der Waals surface area contributed by atoms with Gasteiger partial charge in [0.2, 0.25) is 0 Å². The molecule has 7 heteroatoms. The Hall–Kier alpha value is -3.22. The summed E-state index contributed by atoms with van der Waals surface area (Å²) >= 11 is 0. The highest BCUT2D eigenvalue weighted by atomic mass is 16.6. The van der Waals surface area contributed by atoms with Crippen LogP contribution >= 0.6 is 0 Å². The van der Waals surface area contributed by atoms with Crippen molar-refractivity contribution >= 4 is 23.4 Å². The highest BCUT2D eigenvalue weighted by Crippen LogP contribution is 2.40. The highest BCUT2D eigenvalue weighted by molar-refractivity contribution is 6.10. The SMILES string of the molecule is CCOC(=O)N1c2cc(C)c(C)cc2N(C(=O)c2ccc(OC)c(OC)c2)CC1CC. The standard InChI is InChI=1S/C24H30N2O5/c1-7-18-14-25(23(27)17-9-10-21(29-5)22(13-17)30-6)19-11-15(3)16(4)12-20(19)26(18)24(28)31-8-2/h9-13,18H,7-8,14H2,1-6H3. The van der Waals surface area contributed by atoms with E-state index in [1.54, 1.807) is 49.1 Å². The predicted octanol–water partition coefficient (Wildman–Crippen LogP) is 4.72. The van der Waals surface area contributed by atoms with E-state index in [0.29, 0.717) is 48.0 Å². The van der Waals surface area contributed by atoms with Crippen molar-refractivity contribution in [3.05, 3.63) is 47.0 Å². The summed E-state index contributed by atoms with van der Waals surface area (Å²) in [6, 6.07) is 8.85. The molecule has 1 aliphatic heterocycles. The molecular formula is C24H30N2O5. The molecule has 2 amide bonds. The molecule has 0 radical (unpaired) electrons. The van der Waals surface area contributed by atoms with Crippen molar-refractivity contribution in [1.29, 1.82) is 0 Å². The van der Waals surface area contributed by atoms with Gasteiger partial charge < -0.3 is 19.1 Å². The Morgan fingerprint density at radius 2 is 1.61 bits per heavy atom. The molecule has 31 heavy (non-hydrogen) atoms. The quantitative estimate of drug-likeness (QED) is 0.692. The van der Waals surface area contributed by atoms with Crippen LogP contribution in [0.15, 0.2) is 30.3 Å². The summed E-state index contributed by atoms with van der Waals surface area (Å²) in [5.74, 6) is 0.891. The second-order valence-corrected chi connectivity index (χ2v) is 7.54. The third-order valence-corrected chi connectivity index (χ3v) is 5.71. The molecule has 0 bridgehead atoms. The molecule has 0 aliphatic carbocycles. The number of hydrogen-bond donors (Lipinski definition) is 0. The highest BCUT2D eigenvalue weighted by Gasteiger charge is 2.37. The zero-order valence-corrected chi connectivity index (χ0v) is 19.0. The van der Waals surface area contributed by atoms with Gasteiger partial charge in [0.05, 0.1) is 38.2 Å². The van der Waals surface area contributed by atoms with E-state index in [-0.39, 0.29) is 11.9 Å². The van der Waals surface area contributed by atoms with Crippen LogP contribution in [0.4, 0.5) is 16.2 Å². The molecule has 7 nitrogen and oxygen atoms in total. The van der Waals surface area contributed by atoms with Crippen molar-refractivity contribution in [3.63, 3.8) is 0 Å². The van der Waals surface area contributed by atoms with Gasteiger partial charge in [-0.3, -0.25) is 9.69 Å². The lowest BCUT2D eigenvalue weighted by atomic mass is 9.99. The lowest BCUT2D eigenvalue weighted by molar-refractivity contribution is 0.0981. The molecule has 0 N–H and O–H groups in total. The summed E-state index contributed by atoms with van der Waals surface area (Å²) in [7, 11) is 3.10. The van der Waals surface area contributed by atoms with Crippen LogP contribution in [0.2, 0.25) is 0 Å². The molecule has 2 aromatic carbocycles. The molecule has 0 saturated carbocycles. The molecule has 1 aliphatic rings. The number of nitrogens with zero attached hydrogens (tertiary/aromatic N) is 2. The van der Waals surface area contributed by atoms with E-state index in [1.165, 1.54) is 0 Å². The normalized spacial score (nSPS) is 15.4. The predicted molar refractivity (Wildman–Crippen MR) is 121 cm³/mol. The molecule has 0 saturated heterocycles. The first-order valence-corrected chi connectivity index (χ1v) is 10.5. The second kappa shape index (κ2) is 9.29. The van der Waals surface area contributed by atoms with Crippen LogP contribution in [0, 0.1) is 13.8 Å². The zero-order chi connectivity index (χ0) is 22.7. The maximum Gasteiger partial charge on any atom is 0.414 e. The average molecular weight is 427 g/mol. The van der Waals surface area contributed by atoms with E-state index in [0.717, 1.165) is 11.1 Å². The van der Waals surface area contributed by atoms with Crippen molar-refractivity contribution in [2.24, 2.45) is 0 Å². The minimum Gasteiger partial charge on any atom is -0.493 e. The Morgan fingerprint density at radius 3 is 2.19 bits per heavy atom. The third-order valence-electron chi connectivity index (χ3n) is 5.71. The van der Waals surface area contributed by atoms with Gasteiger partial charge in [-0.2, -0.15) is 0 Å². The first-order chi connectivity index (χ1) is 14.9.